The SMILES string of the molecule is O=C(CCC(=O)c1cccs1)NCc1[nH]ncc1Br. The average molecular weight is 342 g/mol. The highest BCUT2D eigenvalue weighted by Gasteiger charge is 2.10. The Balaban J connectivity index is 1.73. The van der Waals surface area contributed by atoms with E-state index in [1.807, 2.05) is 11.4 Å². The van der Waals surface area contributed by atoms with E-state index in [9.17, 15) is 9.59 Å². The average Bonchev–Trinajstić information content (AvgIpc) is 3.05. The Morgan fingerprint density at radius 3 is 2.89 bits per heavy atom. The standard InChI is InChI=1S/C12H12BrN3O2S/c13-8-6-15-16-9(8)7-14-12(18)4-3-10(17)11-2-1-5-19-11/h1-2,5-6H,3-4,7H2,(H,14,18)(H,15,16). The molecule has 0 aliphatic rings. The number of carbonyl (C=O) groups is 2. The Morgan fingerprint density at radius 1 is 1.42 bits per heavy atom. The number of nitrogens with zero attached hydrogens (tertiary/aromatic N) is 1. The van der Waals surface area contributed by atoms with Gasteiger partial charge in [0.1, 0.15) is 0 Å². The van der Waals surface area contributed by atoms with Gasteiger partial charge in [0.15, 0.2) is 5.78 Å². The number of carbonyl (C=O) groups excluding carboxylic acids is 2. The van der Waals surface area contributed by atoms with E-state index in [2.05, 4.69) is 31.4 Å². The third-order valence-corrected chi connectivity index (χ3v) is 4.10. The lowest BCUT2D eigenvalue weighted by Crippen LogP contribution is -2.23. The number of ketones is 1. The number of H-pyrrole nitrogens is 1. The van der Waals surface area contributed by atoms with Crippen LogP contribution in [0.1, 0.15) is 28.2 Å². The number of hydrogen-bond donors (Lipinski definition) is 2. The lowest BCUT2D eigenvalue weighted by Gasteiger charge is -2.03. The summed E-state index contributed by atoms with van der Waals surface area (Å²) in [4.78, 5) is 24.0. The highest BCUT2D eigenvalue weighted by atomic mass is 79.9. The third kappa shape index (κ3) is 4.00. The molecule has 19 heavy (non-hydrogen) atoms. The number of Topliss-reactive ketones (excluding diaryl/α,β-unsaturated/α-hetero) is 1. The molecule has 0 bridgehead atoms. The number of halogens is 1. The molecular formula is C12H12BrN3O2S. The topological polar surface area (TPSA) is 74.8 Å². The van der Waals surface area contributed by atoms with Gasteiger partial charge in [-0.15, -0.1) is 11.3 Å². The molecule has 2 aromatic heterocycles. The van der Waals surface area contributed by atoms with Gasteiger partial charge in [0.25, 0.3) is 0 Å². The zero-order valence-corrected chi connectivity index (χ0v) is 12.4. The van der Waals surface area contributed by atoms with Crippen molar-refractivity contribution in [1.29, 1.82) is 0 Å². The summed E-state index contributed by atoms with van der Waals surface area (Å²) in [6.07, 6.45) is 2.06. The maximum absolute atomic E-state index is 11.7. The Labute approximate surface area is 122 Å². The van der Waals surface area contributed by atoms with Crippen LogP contribution in [0.4, 0.5) is 0 Å². The van der Waals surface area contributed by atoms with Crippen LogP contribution in [0.25, 0.3) is 0 Å². The summed E-state index contributed by atoms with van der Waals surface area (Å²) in [6, 6.07) is 3.60. The molecule has 0 atom stereocenters. The van der Waals surface area contributed by atoms with Crippen molar-refractivity contribution in [2.24, 2.45) is 0 Å². The number of rotatable bonds is 6. The van der Waals surface area contributed by atoms with E-state index in [-0.39, 0.29) is 24.5 Å². The lowest BCUT2D eigenvalue weighted by molar-refractivity contribution is -0.121. The number of nitrogens with one attached hydrogen (secondary N) is 2. The molecule has 5 nitrogen and oxygen atoms in total. The van der Waals surface area contributed by atoms with E-state index < -0.39 is 0 Å². The van der Waals surface area contributed by atoms with Gasteiger partial charge in [0.2, 0.25) is 5.91 Å². The van der Waals surface area contributed by atoms with E-state index in [1.165, 1.54) is 11.3 Å². The normalized spacial score (nSPS) is 10.4. The molecule has 2 rings (SSSR count). The summed E-state index contributed by atoms with van der Waals surface area (Å²) in [5.74, 6) is -0.140. The first-order valence-electron chi connectivity index (χ1n) is 5.68. The molecular weight excluding hydrogens is 330 g/mol. The molecule has 0 saturated carbocycles. The van der Waals surface area contributed by atoms with Crippen molar-refractivity contribution in [2.75, 3.05) is 0 Å². The minimum atomic E-state index is -0.147. The fraction of sp³-hybridized carbons (Fsp3) is 0.250. The minimum absolute atomic E-state index is 0.00729. The van der Waals surface area contributed by atoms with Gasteiger partial charge < -0.3 is 5.32 Å². The molecule has 0 radical (unpaired) electrons. The molecule has 0 saturated heterocycles. The number of aromatic amines is 1. The van der Waals surface area contributed by atoms with Gasteiger partial charge in [-0.2, -0.15) is 5.10 Å². The zero-order chi connectivity index (χ0) is 13.7. The Kier molecular flexibility index (Phi) is 4.86. The van der Waals surface area contributed by atoms with Gasteiger partial charge in [0.05, 0.1) is 27.8 Å². The molecule has 0 spiro atoms. The summed E-state index contributed by atoms with van der Waals surface area (Å²) in [7, 11) is 0. The summed E-state index contributed by atoms with van der Waals surface area (Å²) >= 11 is 4.70. The number of hydrogen-bond acceptors (Lipinski definition) is 4. The summed E-state index contributed by atoms with van der Waals surface area (Å²) in [5.41, 5.74) is 0.804. The third-order valence-electron chi connectivity index (χ3n) is 2.50. The van der Waals surface area contributed by atoms with Gasteiger partial charge >= 0.3 is 0 Å². The number of amides is 1. The fourth-order valence-electron chi connectivity index (χ4n) is 1.48. The molecule has 0 aliphatic heterocycles. The largest absolute Gasteiger partial charge is 0.350 e. The van der Waals surface area contributed by atoms with Crippen molar-refractivity contribution in [1.82, 2.24) is 15.5 Å². The van der Waals surface area contributed by atoms with Gasteiger partial charge in [-0.25, -0.2) is 0 Å². The second-order valence-corrected chi connectivity index (χ2v) is 5.68. The minimum Gasteiger partial charge on any atom is -0.350 e. The van der Waals surface area contributed by atoms with Crippen LogP contribution in [0.5, 0.6) is 0 Å². The molecule has 2 aromatic rings. The monoisotopic (exact) mass is 341 g/mol. The smallest absolute Gasteiger partial charge is 0.220 e. The number of thiophene rings is 1. The van der Waals surface area contributed by atoms with Crippen LogP contribution in [0.3, 0.4) is 0 Å². The van der Waals surface area contributed by atoms with Crippen molar-refractivity contribution in [3.05, 3.63) is 38.8 Å². The molecule has 0 unspecified atom stereocenters. The van der Waals surface area contributed by atoms with Crippen LogP contribution in [0, 0.1) is 0 Å². The Bertz CT molecular complexity index is 565. The quantitative estimate of drug-likeness (QED) is 0.792. The van der Waals surface area contributed by atoms with E-state index >= 15 is 0 Å². The Hall–Kier alpha value is -1.47. The summed E-state index contributed by atoms with van der Waals surface area (Å²) < 4.78 is 0.822. The first-order valence-corrected chi connectivity index (χ1v) is 7.35. The second-order valence-electron chi connectivity index (χ2n) is 3.87. The molecule has 2 N–H and O–H groups in total. The van der Waals surface area contributed by atoms with Gasteiger partial charge in [0, 0.05) is 12.8 Å². The summed E-state index contributed by atoms with van der Waals surface area (Å²) in [6.45, 7) is 0.368. The van der Waals surface area contributed by atoms with Gasteiger partial charge in [-0.1, -0.05) is 6.07 Å². The van der Waals surface area contributed by atoms with Crippen molar-refractivity contribution in [2.45, 2.75) is 19.4 Å². The van der Waals surface area contributed by atoms with E-state index in [0.29, 0.717) is 11.4 Å². The van der Waals surface area contributed by atoms with Crippen molar-refractivity contribution in [3.8, 4) is 0 Å². The van der Waals surface area contributed by atoms with Crippen LogP contribution in [-0.2, 0) is 11.3 Å². The van der Waals surface area contributed by atoms with Crippen LogP contribution in [0.15, 0.2) is 28.2 Å². The first kappa shape index (κ1) is 14.0. The molecule has 2 heterocycles. The van der Waals surface area contributed by atoms with Gasteiger partial charge in [-0.3, -0.25) is 14.7 Å². The fourth-order valence-corrected chi connectivity index (χ4v) is 2.51. The highest BCUT2D eigenvalue weighted by molar-refractivity contribution is 9.10. The van der Waals surface area contributed by atoms with Crippen LogP contribution < -0.4 is 5.32 Å². The van der Waals surface area contributed by atoms with E-state index in [4.69, 9.17) is 0 Å². The molecule has 0 fully saturated rings. The van der Waals surface area contributed by atoms with E-state index in [1.54, 1.807) is 12.3 Å². The van der Waals surface area contributed by atoms with E-state index in [0.717, 1.165) is 10.2 Å². The summed E-state index contributed by atoms with van der Waals surface area (Å²) in [5, 5.41) is 11.2. The van der Waals surface area contributed by atoms with Crippen molar-refractivity contribution >= 4 is 39.0 Å². The van der Waals surface area contributed by atoms with Crippen molar-refractivity contribution in [3.63, 3.8) is 0 Å². The molecule has 7 heteroatoms. The van der Waals surface area contributed by atoms with Crippen LogP contribution in [0.2, 0.25) is 0 Å². The molecule has 100 valence electrons. The van der Waals surface area contributed by atoms with Gasteiger partial charge in [-0.05, 0) is 27.4 Å². The predicted octanol–water partition coefficient (Wildman–Crippen LogP) is 2.51. The lowest BCUT2D eigenvalue weighted by atomic mass is 10.2. The predicted molar refractivity (Wildman–Crippen MR) is 76.0 cm³/mol. The number of aromatic nitrogens is 2. The molecule has 0 aliphatic carbocycles. The second kappa shape index (κ2) is 6.63. The maximum Gasteiger partial charge on any atom is 0.220 e. The molecule has 1 amide bonds. The van der Waals surface area contributed by atoms with Crippen LogP contribution >= 0.6 is 27.3 Å². The Morgan fingerprint density at radius 2 is 2.26 bits per heavy atom. The molecule has 0 aromatic carbocycles. The zero-order valence-electron chi connectivity index (χ0n) is 9.98. The maximum atomic E-state index is 11.7. The van der Waals surface area contributed by atoms with Crippen LogP contribution in [-0.4, -0.2) is 21.9 Å². The first-order chi connectivity index (χ1) is 9.16. The van der Waals surface area contributed by atoms with Crippen molar-refractivity contribution < 1.29 is 9.59 Å². The highest BCUT2D eigenvalue weighted by Crippen LogP contribution is 2.13.